The van der Waals surface area contributed by atoms with Crippen molar-refractivity contribution in [1.82, 2.24) is 9.55 Å². The summed E-state index contributed by atoms with van der Waals surface area (Å²) in [4.78, 5) is 17.0. The molecule has 6 nitrogen and oxygen atoms in total. The van der Waals surface area contributed by atoms with E-state index in [2.05, 4.69) is 4.98 Å². The van der Waals surface area contributed by atoms with Gasteiger partial charge < -0.3 is 14.6 Å². The number of carboxylic acid groups (broad SMARTS) is 1. The SMILES string of the molecule is CN(Cc1nccn1C)c1ccc(C(=O)O)cc1C#N. The molecule has 0 aliphatic carbocycles. The van der Waals surface area contributed by atoms with E-state index in [4.69, 9.17) is 10.4 Å². The van der Waals surface area contributed by atoms with Crippen molar-refractivity contribution in [2.45, 2.75) is 6.54 Å². The number of nitrogens with zero attached hydrogens (tertiary/aromatic N) is 4. The molecular weight excluding hydrogens is 256 g/mol. The first kappa shape index (κ1) is 13.6. The molecule has 2 aromatic rings. The first-order valence-electron chi connectivity index (χ1n) is 5.97. The highest BCUT2D eigenvalue weighted by Crippen LogP contribution is 2.21. The van der Waals surface area contributed by atoms with Gasteiger partial charge in [-0.2, -0.15) is 5.26 Å². The Labute approximate surface area is 116 Å². The second-order valence-corrected chi connectivity index (χ2v) is 4.46. The second-order valence-electron chi connectivity index (χ2n) is 4.46. The Kier molecular flexibility index (Phi) is 3.71. The van der Waals surface area contributed by atoms with Gasteiger partial charge >= 0.3 is 5.97 Å². The lowest BCUT2D eigenvalue weighted by molar-refractivity contribution is 0.0697. The van der Waals surface area contributed by atoms with Gasteiger partial charge in [0, 0.05) is 26.5 Å². The monoisotopic (exact) mass is 270 g/mol. The molecule has 20 heavy (non-hydrogen) atoms. The summed E-state index contributed by atoms with van der Waals surface area (Å²) in [6.45, 7) is 0.532. The minimum Gasteiger partial charge on any atom is -0.478 e. The van der Waals surface area contributed by atoms with E-state index in [1.807, 2.05) is 35.8 Å². The Balaban J connectivity index is 2.30. The van der Waals surface area contributed by atoms with Crippen molar-refractivity contribution < 1.29 is 9.90 Å². The maximum absolute atomic E-state index is 10.9. The third-order valence-electron chi connectivity index (χ3n) is 3.07. The van der Waals surface area contributed by atoms with E-state index in [-0.39, 0.29) is 5.56 Å². The molecule has 2 rings (SSSR count). The number of hydrogen-bond donors (Lipinski definition) is 1. The van der Waals surface area contributed by atoms with Gasteiger partial charge in [0.05, 0.1) is 23.4 Å². The molecule has 0 atom stereocenters. The van der Waals surface area contributed by atoms with Crippen LogP contribution >= 0.6 is 0 Å². The lowest BCUT2D eigenvalue weighted by Crippen LogP contribution is -2.20. The number of imidazole rings is 1. The highest BCUT2D eigenvalue weighted by Gasteiger charge is 2.13. The molecule has 0 unspecified atom stereocenters. The molecule has 0 bridgehead atoms. The zero-order valence-corrected chi connectivity index (χ0v) is 11.2. The van der Waals surface area contributed by atoms with Gasteiger partial charge in [-0.05, 0) is 18.2 Å². The molecule has 0 saturated carbocycles. The molecule has 0 spiro atoms. The van der Waals surface area contributed by atoms with Crippen molar-refractivity contribution in [2.75, 3.05) is 11.9 Å². The third-order valence-corrected chi connectivity index (χ3v) is 3.07. The van der Waals surface area contributed by atoms with Crippen LogP contribution in [0.2, 0.25) is 0 Å². The summed E-state index contributed by atoms with van der Waals surface area (Å²) in [6, 6.07) is 6.55. The fourth-order valence-electron chi connectivity index (χ4n) is 1.94. The van der Waals surface area contributed by atoms with Gasteiger partial charge in [-0.1, -0.05) is 0 Å². The summed E-state index contributed by atoms with van der Waals surface area (Å²) in [6.07, 6.45) is 3.56. The van der Waals surface area contributed by atoms with Crippen LogP contribution in [0.5, 0.6) is 0 Å². The van der Waals surface area contributed by atoms with E-state index in [0.29, 0.717) is 17.8 Å². The van der Waals surface area contributed by atoms with Crippen LogP contribution in [-0.2, 0) is 13.6 Å². The van der Waals surface area contributed by atoms with E-state index >= 15 is 0 Å². The van der Waals surface area contributed by atoms with Gasteiger partial charge in [-0.25, -0.2) is 9.78 Å². The number of carbonyl (C=O) groups is 1. The maximum Gasteiger partial charge on any atom is 0.335 e. The molecule has 0 fully saturated rings. The van der Waals surface area contributed by atoms with Crippen LogP contribution in [0.4, 0.5) is 5.69 Å². The second kappa shape index (κ2) is 5.45. The zero-order valence-electron chi connectivity index (χ0n) is 11.2. The highest BCUT2D eigenvalue weighted by molar-refractivity contribution is 5.89. The van der Waals surface area contributed by atoms with E-state index in [0.717, 1.165) is 5.82 Å². The predicted molar refractivity (Wildman–Crippen MR) is 73.4 cm³/mol. The Bertz CT molecular complexity index is 685. The number of anilines is 1. The first-order valence-corrected chi connectivity index (χ1v) is 5.97. The van der Waals surface area contributed by atoms with Gasteiger partial charge in [0.1, 0.15) is 11.9 Å². The molecule has 0 amide bonds. The number of aromatic carboxylic acids is 1. The van der Waals surface area contributed by atoms with Gasteiger partial charge in [0.15, 0.2) is 0 Å². The molecule has 1 aromatic heterocycles. The lowest BCUT2D eigenvalue weighted by atomic mass is 10.1. The Morgan fingerprint density at radius 1 is 1.55 bits per heavy atom. The minimum atomic E-state index is -1.04. The van der Waals surface area contributed by atoms with Crippen LogP contribution in [0.3, 0.4) is 0 Å². The van der Waals surface area contributed by atoms with E-state index in [1.165, 1.54) is 12.1 Å². The molecule has 0 aliphatic heterocycles. The quantitative estimate of drug-likeness (QED) is 0.913. The van der Waals surface area contributed by atoms with Crippen molar-refractivity contribution in [3.05, 3.63) is 47.5 Å². The van der Waals surface area contributed by atoms with Crippen molar-refractivity contribution in [1.29, 1.82) is 5.26 Å². The highest BCUT2D eigenvalue weighted by atomic mass is 16.4. The summed E-state index contributed by atoms with van der Waals surface area (Å²) < 4.78 is 1.90. The molecule has 1 N–H and O–H groups in total. The van der Waals surface area contributed by atoms with E-state index in [1.54, 1.807) is 12.3 Å². The molecule has 0 aliphatic rings. The Hall–Kier alpha value is -2.81. The standard InChI is InChI=1S/C14H14N4O2/c1-17-6-5-16-13(17)9-18(2)12-4-3-10(14(19)20)7-11(12)8-15/h3-7H,9H2,1-2H3,(H,19,20). The fraction of sp³-hybridized carbons (Fsp3) is 0.214. The van der Waals surface area contributed by atoms with Crippen LogP contribution in [0, 0.1) is 11.3 Å². The number of benzene rings is 1. The van der Waals surface area contributed by atoms with Crippen LogP contribution in [0.15, 0.2) is 30.6 Å². The minimum absolute atomic E-state index is 0.107. The van der Waals surface area contributed by atoms with Crippen LogP contribution < -0.4 is 4.90 Å². The molecule has 6 heteroatoms. The molecule has 0 radical (unpaired) electrons. The summed E-state index contributed by atoms with van der Waals surface area (Å²) >= 11 is 0. The van der Waals surface area contributed by atoms with Crippen LogP contribution in [0.1, 0.15) is 21.7 Å². The van der Waals surface area contributed by atoms with E-state index in [9.17, 15) is 4.79 Å². The van der Waals surface area contributed by atoms with Gasteiger partial charge in [-0.15, -0.1) is 0 Å². The Morgan fingerprint density at radius 2 is 2.30 bits per heavy atom. The summed E-state index contributed by atoms with van der Waals surface area (Å²) in [5.41, 5.74) is 1.12. The smallest absolute Gasteiger partial charge is 0.335 e. The van der Waals surface area contributed by atoms with Gasteiger partial charge in [0.25, 0.3) is 0 Å². The third kappa shape index (κ3) is 2.62. The molecule has 102 valence electrons. The fourth-order valence-corrected chi connectivity index (χ4v) is 1.94. The number of aryl methyl sites for hydroxylation is 1. The number of nitriles is 1. The molecule has 1 aromatic carbocycles. The van der Waals surface area contributed by atoms with Crippen LogP contribution in [-0.4, -0.2) is 27.7 Å². The first-order chi connectivity index (χ1) is 9.52. The number of rotatable bonds is 4. The molecule has 0 saturated heterocycles. The van der Waals surface area contributed by atoms with Crippen molar-refractivity contribution in [2.24, 2.45) is 7.05 Å². The molecular formula is C14H14N4O2. The van der Waals surface area contributed by atoms with Crippen molar-refractivity contribution in [3.8, 4) is 6.07 Å². The summed E-state index contributed by atoms with van der Waals surface area (Å²) in [5, 5.41) is 18.1. The number of hydrogen-bond acceptors (Lipinski definition) is 4. The van der Waals surface area contributed by atoms with Gasteiger partial charge in [0.2, 0.25) is 0 Å². The van der Waals surface area contributed by atoms with Gasteiger partial charge in [-0.3, -0.25) is 0 Å². The zero-order chi connectivity index (χ0) is 14.7. The lowest BCUT2D eigenvalue weighted by Gasteiger charge is -2.20. The van der Waals surface area contributed by atoms with E-state index < -0.39 is 5.97 Å². The number of carboxylic acids is 1. The largest absolute Gasteiger partial charge is 0.478 e. The number of aromatic nitrogens is 2. The van der Waals surface area contributed by atoms with Crippen molar-refractivity contribution >= 4 is 11.7 Å². The summed E-state index contributed by atoms with van der Waals surface area (Å²) in [5.74, 6) is -0.182. The average Bonchev–Trinajstić information content (AvgIpc) is 2.83. The summed E-state index contributed by atoms with van der Waals surface area (Å²) in [7, 11) is 3.74. The average molecular weight is 270 g/mol. The van der Waals surface area contributed by atoms with Crippen LogP contribution in [0.25, 0.3) is 0 Å². The predicted octanol–water partition coefficient (Wildman–Crippen LogP) is 1.63. The Morgan fingerprint density at radius 3 is 2.85 bits per heavy atom. The van der Waals surface area contributed by atoms with Crippen molar-refractivity contribution in [3.63, 3.8) is 0 Å². The normalized spacial score (nSPS) is 10.1. The maximum atomic E-state index is 10.9. The molecule has 1 heterocycles. The topological polar surface area (TPSA) is 82.2 Å².